The molecule has 0 unspecified atom stereocenters. The first kappa shape index (κ1) is 24.6. The number of nitrogens with zero attached hydrogens (tertiary/aromatic N) is 1. The van der Waals surface area contributed by atoms with E-state index < -0.39 is 18.1 Å². The third-order valence-corrected chi connectivity index (χ3v) is 5.26. The third kappa shape index (κ3) is 8.09. The number of unbranched alkanes of at least 4 members (excludes halogenated alkanes) is 2. The Kier molecular flexibility index (Phi) is 8.71. The first-order valence-corrected chi connectivity index (χ1v) is 10.8. The molecule has 0 amide bonds. The van der Waals surface area contributed by atoms with Crippen molar-refractivity contribution >= 4 is 11.9 Å². The highest BCUT2D eigenvalue weighted by atomic mass is 19.4. The Labute approximate surface area is 190 Å². The summed E-state index contributed by atoms with van der Waals surface area (Å²) in [6.07, 6.45) is -1.18. The zero-order chi connectivity index (χ0) is 23.7. The highest BCUT2D eigenvalue weighted by molar-refractivity contribution is 5.76. The van der Waals surface area contributed by atoms with E-state index in [0.717, 1.165) is 42.6 Å². The number of hydrogen-bond donors (Lipinski definition) is 0. The molecule has 1 aliphatic rings. The second kappa shape index (κ2) is 11.7. The maximum absolute atomic E-state index is 12.0. The minimum absolute atomic E-state index is 0.203. The van der Waals surface area contributed by atoms with Crippen molar-refractivity contribution in [2.45, 2.75) is 51.4 Å². The van der Waals surface area contributed by atoms with Gasteiger partial charge in [0.1, 0.15) is 5.75 Å². The number of ether oxygens (including phenoxy) is 1. The normalized spacial score (nSPS) is 13.4. The number of carbonyl (C=O) groups is 2. The topological polar surface area (TPSA) is 65.1 Å². The fraction of sp³-hybridized carbons (Fsp3) is 0.417. The zero-order valence-electron chi connectivity index (χ0n) is 18.1. The highest BCUT2D eigenvalue weighted by Crippen LogP contribution is 2.27. The summed E-state index contributed by atoms with van der Waals surface area (Å²) in [6, 6.07) is 16.3. The second-order valence-electron chi connectivity index (χ2n) is 7.86. The van der Waals surface area contributed by atoms with E-state index in [1.165, 1.54) is 5.56 Å². The van der Waals surface area contributed by atoms with Crippen LogP contribution in [-0.4, -0.2) is 36.2 Å². The predicted molar refractivity (Wildman–Crippen MR) is 113 cm³/mol. The Bertz CT molecular complexity index is 933. The van der Waals surface area contributed by atoms with Gasteiger partial charge in [0.05, 0.1) is 13.0 Å². The molecule has 1 aliphatic heterocycles. The quantitative estimate of drug-likeness (QED) is 0.287. The molecule has 0 saturated heterocycles. The smallest absolute Gasteiger partial charge is 0.494 e. The van der Waals surface area contributed by atoms with Gasteiger partial charge in [-0.25, -0.2) is 19.4 Å². The number of fused-ring (bicyclic) bond motifs is 1. The number of hydrogen-bond acceptors (Lipinski definition) is 6. The molecule has 1 heterocycles. The molecule has 9 heteroatoms. The third-order valence-electron chi connectivity index (χ3n) is 5.26. The maximum atomic E-state index is 12.0. The minimum atomic E-state index is -5.21. The predicted octanol–water partition coefficient (Wildman–Crippen LogP) is 4.75. The summed E-state index contributed by atoms with van der Waals surface area (Å²) >= 11 is 0. The molecule has 3 rings (SSSR count). The van der Waals surface area contributed by atoms with Crippen LogP contribution in [0.2, 0.25) is 0 Å². The Hall–Kier alpha value is -3.07. The largest absolute Gasteiger partial charge is 0.495 e. The lowest BCUT2D eigenvalue weighted by atomic mass is 10.1. The van der Waals surface area contributed by atoms with Gasteiger partial charge in [-0.3, -0.25) is 4.90 Å². The molecule has 0 radical (unpaired) electrons. The van der Waals surface area contributed by atoms with Gasteiger partial charge < -0.3 is 4.74 Å². The van der Waals surface area contributed by atoms with Crippen molar-refractivity contribution in [2.75, 3.05) is 13.2 Å². The fourth-order valence-corrected chi connectivity index (χ4v) is 3.55. The molecule has 6 nitrogen and oxygen atoms in total. The molecular weight excluding hydrogens is 439 g/mol. The van der Waals surface area contributed by atoms with Crippen LogP contribution in [0.5, 0.6) is 5.75 Å². The van der Waals surface area contributed by atoms with Crippen LogP contribution in [0.15, 0.2) is 48.5 Å². The van der Waals surface area contributed by atoms with Crippen molar-refractivity contribution in [1.29, 1.82) is 0 Å². The van der Waals surface area contributed by atoms with Crippen LogP contribution < -0.4 is 4.74 Å². The van der Waals surface area contributed by atoms with Crippen LogP contribution in [-0.2, 0) is 38.9 Å². The van der Waals surface area contributed by atoms with Crippen molar-refractivity contribution < 1.29 is 37.3 Å². The Balaban J connectivity index is 1.32. The van der Waals surface area contributed by atoms with E-state index in [1.54, 1.807) is 0 Å². The number of aryl methyl sites for hydroxylation is 1. The van der Waals surface area contributed by atoms with Gasteiger partial charge >= 0.3 is 18.1 Å². The van der Waals surface area contributed by atoms with Crippen molar-refractivity contribution in [1.82, 2.24) is 4.90 Å². The first-order chi connectivity index (χ1) is 15.8. The van der Waals surface area contributed by atoms with E-state index in [9.17, 15) is 22.8 Å². The Morgan fingerprint density at radius 1 is 0.909 bits per heavy atom. The van der Waals surface area contributed by atoms with Gasteiger partial charge in [0.2, 0.25) is 0 Å². The molecule has 0 atom stereocenters. The molecule has 0 bridgehead atoms. The summed E-state index contributed by atoms with van der Waals surface area (Å²) in [5, 5.41) is 0. The lowest BCUT2D eigenvalue weighted by Crippen LogP contribution is -2.27. The van der Waals surface area contributed by atoms with Gasteiger partial charge in [0, 0.05) is 19.6 Å². The van der Waals surface area contributed by atoms with E-state index in [0.29, 0.717) is 19.7 Å². The Morgan fingerprint density at radius 2 is 1.67 bits per heavy atom. The summed E-state index contributed by atoms with van der Waals surface area (Å²) in [4.78, 5) is 31.4. The van der Waals surface area contributed by atoms with E-state index in [1.807, 2.05) is 41.3 Å². The van der Waals surface area contributed by atoms with Gasteiger partial charge in [-0.05, 0) is 54.5 Å². The molecule has 0 fully saturated rings. The fourth-order valence-electron chi connectivity index (χ4n) is 3.55. The molecular formula is C24H26F3NO5. The van der Waals surface area contributed by atoms with Gasteiger partial charge in [-0.15, -0.1) is 0 Å². The molecule has 0 saturated carbocycles. The van der Waals surface area contributed by atoms with Crippen molar-refractivity contribution in [3.63, 3.8) is 0 Å². The summed E-state index contributed by atoms with van der Waals surface area (Å²) < 4.78 is 41.9. The lowest BCUT2D eigenvalue weighted by molar-refractivity contribution is -0.285. The molecule has 0 aliphatic carbocycles. The molecule has 2 aromatic rings. The van der Waals surface area contributed by atoms with Crippen molar-refractivity contribution in [2.24, 2.45) is 0 Å². The average Bonchev–Trinajstić information content (AvgIpc) is 3.20. The summed E-state index contributed by atoms with van der Waals surface area (Å²) in [5.74, 6) is -2.81. The van der Waals surface area contributed by atoms with E-state index in [-0.39, 0.29) is 13.0 Å². The van der Waals surface area contributed by atoms with Crippen LogP contribution in [0.1, 0.15) is 42.4 Å². The number of benzene rings is 2. The molecule has 2 aromatic carbocycles. The van der Waals surface area contributed by atoms with E-state index in [2.05, 4.69) is 21.9 Å². The number of carbonyl (C=O) groups excluding carboxylic acids is 2. The van der Waals surface area contributed by atoms with Crippen LogP contribution >= 0.6 is 0 Å². The SMILES string of the molecule is O=C(CCN1Cc2ccc(OCCCCCc3ccccc3)cc2C1)OOC(=O)C(F)(F)F. The van der Waals surface area contributed by atoms with E-state index in [4.69, 9.17) is 4.74 Å². The van der Waals surface area contributed by atoms with Crippen molar-refractivity contribution in [3.05, 3.63) is 65.2 Å². The molecule has 0 N–H and O–H groups in total. The molecule has 178 valence electrons. The van der Waals surface area contributed by atoms with Crippen LogP contribution in [0, 0.1) is 0 Å². The Morgan fingerprint density at radius 3 is 2.42 bits per heavy atom. The van der Waals surface area contributed by atoms with Crippen LogP contribution in [0.4, 0.5) is 13.2 Å². The molecule has 0 spiro atoms. The van der Waals surface area contributed by atoms with Crippen molar-refractivity contribution in [3.8, 4) is 5.75 Å². The van der Waals surface area contributed by atoms with Crippen LogP contribution in [0.3, 0.4) is 0 Å². The number of halogens is 3. The maximum Gasteiger partial charge on any atom is 0.495 e. The monoisotopic (exact) mass is 465 g/mol. The summed E-state index contributed by atoms with van der Waals surface area (Å²) in [6.45, 7) is 2.08. The first-order valence-electron chi connectivity index (χ1n) is 10.8. The molecule has 0 aromatic heterocycles. The average molecular weight is 465 g/mol. The standard InChI is InChI=1S/C24H26F3NO5/c25-24(26,27)23(30)33-32-22(29)12-13-28-16-19-10-11-21(15-20(19)17-28)31-14-6-2-5-9-18-7-3-1-4-8-18/h1,3-4,7-8,10-11,15H,2,5-6,9,12-14,16-17H2. The van der Waals surface area contributed by atoms with Gasteiger partial charge in [-0.2, -0.15) is 13.2 Å². The minimum Gasteiger partial charge on any atom is -0.494 e. The van der Waals surface area contributed by atoms with E-state index >= 15 is 0 Å². The van der Waals surface area contributed by atoms with Gasteiger partial charge in [0.25, 0.3) is 0 Å². The second-order valence-corrected chi connectivity index (χ2v) is 7.86. The molecule has 33 heavy (non-hydrogen) atoms. The van der Waals surface area contributed by atoms with Crippen LogP contribution in [0.25, 0.3) is 0 Å². The number of alkyl halides is 3. The summed E-state index contributed by atoms with van der Waals surface area (Å²) in [5.41, 5.74) is 3.52. The van der Waals surface area contributed by atoms with Gasteiger partial charge in [0.15, 0.2) is 0 Å². The summed E-state index contributed by atoms with van der Waals surface area (Å²) in [7, 11) is 0. The zero-order valence-corrected chi connectivity index (χ0v) is 18.1. The number of rotatable bonds is 10. The highest BCUT2D eigenvalue weighted by Gasteiger charge is 2.43. The lowest BCUT2D eigenvalue weighted by Gasteiger charge is -2.13. The van der Waals surface area contributed by atoms with Gasteiger partial charge in [-0.1, -0.05) is 36.4 Å².